The van der Waals surface area contributed by atoms with Crippen LogP contribution < -0.4 is 5.32 Å². The Morgan fingerprint density at radius 2 is 2.28 bits per heavy atom. The molecule has 0 aliphatic heterocycles. The summed E-state index contributed by atoms with van der Waals surface area (Å²) >= 11 is 0. The molecule has 1 aromatic carbocycles. The Hall–Kier alpha value is -1.68. The largest absolute Gasteiger partial charge is 0.310 e. The molecule has 18 heavy (non-hydrogen) atoms. The molecule has 1 unspecified atom stereocenters. The van der Waals surface area contributed by atoms with Crippen LogP contribution in [0.3, 0.4) is 0 Å². The second kappa shape index (κ2) is 5.78. The van der Waals surface area contributed by atoms with Crippen molar-refractivity contribution < 1.29 is 4.39 Å². The molecule has 2 rings (SSSR count). The second-order valence-corrected chi connectivity index (χ2v) is 4.38. The van der Waals surface area contributed by atoms with E-state index < -0.39 is 0 Å². The highest BCUT2D eigenvalue weighted by Crippen LogP contribution is 2.12. The summed E-state index contributed by atoms with van der Waals surface area (Å²) < 4.78 is 14.9. The van der Waals surface area contributed by atoms with E-state index in [1.54, 1.807) is 6.07 Å². The normalized spacial score (nSPS) is 12.6. The van der Waals surface area contributed by atoms with Crippen LogP contribution in [0.2, 0.25) is 0 Å². The van der Waals surface area contributed by atoms with E-state index in [-0.39, 0.29) is 11.9 Å². The molecule has 2 aromatic rings. The summed E-state index contributed by atoms with van der Waals surface area (Å²) in [5.74, 6) is -0.208. The summed E-state index contributed by atoms with van der Waals surface area (Å²) in [5, 5.41) is 7.63. The van der Waals surface area contributed by atoms with E-state index in [1.807, 2.05) is 23.1 Å². The number of hydrogen-bond acceptors (Lipinski definition) is 2. The van der Waals surface area contributed by atoms with Gasteiger partial charge in [-0.3, -0.25) is 4.68 Å². The monoisotopic (exact) mass is 247 g/mol. The van der Waals surface area contributed by atoms with E-state index in [9.17, 15) is 4.39 Å². The molecular formula is C14H18FN3. The lowest BCUT2D eigenvalue weighted by molar-refractivity contribution is 0.595. The van der Waals surface area contributed by atoms with E-state index in [1.165, 1.54) is 12.1 Å². The van der Waals surface area contributed by atoms with E-state index in [0.29, 0.717) is 6.54 Å². The first-order valence-electron chi connectivity index (χ1n) is 6.19. The van der Waals surface area contributed by atoms with Gasteiger partial charge < -0.3 is 5.32 Å². The molecule has 1 atom stereocenters. The van der Waals surface area contributed by atoms with Crippen molar-refractivity contribution in [3.05, 3.63) is 53.6 Å². The van der Waals surface area contributed by atoms with Crippen molar-refractivity contribution in [1.82, 2.24) is 15.1 Å². The second-order valence-electron chi connectivity index (χ2n) is 4.38. The first-order valence-corrected chi connectivity index (χ1v) is 6.19. The highest BCUT2D eigenvalue weighted by Gasteiger charge is 2.06. The lowest BCUT2D eigenvalue weighted by Gasteiger charge is -2.08. The Balaban J connectivity index is 2.06. The van der Waals surface area contributed by atoms with Crippen molar-refractivity contribution in [3.8, 4) is 0 Å². The maximum Gasteiger partial charge on any atom is 0.123 e. The molecule has 1 N–H and O–H groups in total. The Morgan fingerprint density at radius 3 is 3.00 bits per heavy atom. The Labute approximate surface area is 107 Å². The first kappa shape index (κ1) is 12.8. The molecule has 0 aliphatic carbocycles. The van der Waals surface area contributed by atoms with Gasteiger partial charge in [-0.2, -0.15) is 5.10 Å². The van der Waals surface area contributed by atoms with Crippen LogP contribution in [-0.2, 0) is 6.54 Å². The van der Waals surface area contributed by atoms with Gasteiger partial charge in [0.15, 0.2) is 0 Å². The molecule has 0 radical (unpaired) electrons. The van der Waals surface area contributed by atoms with Crippen molar-refractivity contribution in [2.24, 2.45) is 0 Å². The Kier molecular flexibility index (Phi) is 4.10. The third-order valence-electron chi connectivity index (χ3n) is 2.90. The summed E-state index contributed by atoms with van der Waals surface area (Å²) in [4.78, 5) is 0. The molecule has 96 valence electrons. The van der Waals surface area contributed by atoms with Crippen molar-refractivity contribution in [2.75, 3.05) is 6.54 Å². The lowest BCUT2D eigenvalue weighted by Crippen LogP contribution is -2.17. The molecule has 1 aromatic heterocycles. The van der Waals surface area contributed by atoms with Gasteiger partial charge in [-0.25, -0.2) is 4.39 Å². The standard InChI is InChI=1S/C14H18FN3/c1-3-16-11(2)13-8-17-18(10-13)9-12-5-4-6-14(15)7-12/h4-8,10-11,16H,3,9H2,1-2H3. The highest BCUT2D eigenvalue weighted by atomic mass is 19.1. The highest BCUT2D eigenvalue weighted by molar-refractivity contribution is 5.17. The number of aromatic nitrogens is 2. The Bertz CT molecular complexity index is 507. The van der Waals surface area contributed by atoms with Crippen molar-refractivity contribution in [2.45, 2.75) is 26.4 Å². The number of hydrogen-bond donors (Lipinski definition) is 1. The van der Waals surface area contributed by atoms with E-state index in [4.69, 9.17) is 0 Å². The van der Waals surface area contributed by atoms with Gasteiger partial charge in [0.1, 0.15) is 5.82 Å². The van der Waals surface area contributed by atoms with Crippen LogP contribution in [0.1, 0.15) is 31.0 Å². The molecule has 0 saturated carbocycles. The van der Waals surface area contributed by atoms with E-state index in [2.05, 4.69) is 24.3 Å². The van der Waals surface area contributed by atoms with Crippen LogP contribution in [0.5, 0.6) is 0 Å². The zero-order chi connectivity index (χ0) is 13.0. The summed E-state index contributed by atoms with van der Waals surface area (Å²) in [5.41, 5.74) is 2.06. The van der Waals surface area contributed by atoms with Gasteiger partial charge in [-0.15, -0.1) is 0 Å². The van der Waals surface area contributed by atoms with E-state index in [0.717, 1.165) is 17.7 Å². The summed E-state index contributed by atoms with van der Waals surface area (Å²) in [6, 6.07) is 6.89. The maximum atomic E-state index is 13.1. The molecule has 0 bridgehead atoms. The van der Waals surface area contributed by atoms with Crippen LogP contribution in [0.15, 0.2) is 36.7 Å². The van der Waals surface area contributed by atoms with Gasteiger partial charge in [-0.05, 0) is 31.2 Å². The molecule has 0 aliphatic rings. The fourth-order valence-corrected chi connectivity index (χ4v) is 1.94. The minimum atomic E-state index is -0.208. The van der Waals surface area contributed by atoms with Crippen molar-refractivity contribution in [3.63, 3.8) is 0 Å². The third kappa shape index (κ3) is 3.17. The third-order valence-corrected chi connectivity index (χ3v) is 2.90. The predicted molar refractivity (Wildman–Crippen MR) is 69.8 cm³/mol. The summed E-state index contributed by atoms with van der Waals surface area (Å²) in [6.45, 7) is 5.70. The number of nitrogens with one attached hydrogen (secondary N) is 1. The maximum absolute atomic E-state index is 13.1. The van der Waals surface area contributed by atoms with Gasteiger partial charge in [0.2, 0.25) is 0 Å². The molecular weight excluding hydrogens is 229 g/mol. The predicted octanol–water partition coefficient (Wildman–Crippen LogP) is 2.74. The van der Waals surface area contributed by atoms with Crippen LogP contribution in [0.25, 0.3) is 0 Å². The number of nitrogens with zero attached hydrogens (tertiary/aromatic N) is 2. The molecule has 4 heteroatoms. The molecule has 0 amide bonds. The quantitative estimate of drug-likeness (QED) is 0.880. The Morgan fingerprint density at radius 1 is 1.44 bits per heavy atom. The number of benzene rings is 1. The molecule has 0 spiro atoms. The van der Waals surface area contributed by atoms with Gasteiger partial charge in [0.05, 0.1) is 12.7 Å². The van der Waals surface area contributed by atoms with Crippen LogP contribution in [0.4, 0.5) is 4.39 Å². The average Bonchev–Trinajstić information content (AvgIpc) is 2.78. The van der Waals surface area contributed by atoms with Crippen LogP contribution in [-0.4, -0.2) is 16.3 Å². The fourth-order valence-electron chi connectivity index (χ4n) is 1.94. The summed E-state index contributed by atoms with van der Waals surface area (Å²) in [6.07, 6.45) is 3.85. The van der Waals surface area contributed by atoms with Gasteiger partial charge in [0, 0.05) is 17.8 Å². The topological polar surface area (TPSA) is 29.9 Å². The van der Waals surface area contributed by atoms with Gasteiger partial charge in [-0.1, -0.05) is 19.1 Å². The van der Waals surface area contributed by atoms with Crippen LogP contribution >= 0.6 is 0 Å². The minimum absolute atomic E-state index is 0.208. The fraction of sp³-hybridized carbons (Fsp3) is 0.357. The summed E-state index contributed by atoms with van der Waals surface area (Å²) in [7, 11) is 0. The lowest BCUT2D eigenvalue weighted by atomic mass is 10.2. The molecule has 1 heterocycles. The van der Waals surface area contributed by atoms with Crippen LogP contribution in [0, 0.1) is 5.82 Å². The number of halogens is 1. The first-order chi connectivity index (χ1) is 8.69. The van der Waals surface area contributed by atoms with Gasteiger partial charge in [0.25, 0.3) is 0 Å². The smallest absolute Gasteiger partial charge is 0.123 e. The molecule has 0 fully saturated rings. The van der Waals surface area contributed by atoms with E-state index >= 15 is 0 Å². The zero-order valence-electron chi connectivity index (χ0n) is 10.7. The average molecular weight is 247 g/mol. The van der Waals surface area contributed by atoms with Crippen molar-refractivity contribution in [1.29, 1.82) is 0 Å². The molecule has 3 nitrogen and oxygen atoms in total. The van der Waals surface area contributed by atoms with Gasteiger partial charge >= 0.3 is 0 Å². The van der Waals surface area contributed by atoms with Crippen molar-refractivity contribution >= 4 is 0 Å². The number of rotatable bonds is 5. The zero-order valence-corrected chi connectivity index (χ0v) is 10.7. The molecule has 0 saturated heterocycles. The SMILES string of the molecule is CCNC(C)c1cnn(Cc2cccc(F)c2)c1. The minimum Gasteiger partial charge on any atom is -0.310 e.